The van der Waals surface area contributed by atoms with E-state index < -0.39 is 0 Å². The van der Waals surface area contributed by atoms with Gasteiger partial charge in [0.15, 0.2) is 5.88 Å². The van der Waals surface area contributed by atoms with Crippen LogP contribution in [0.4, 0.5) is 5.69 Å². The van der Waals surface area contributed by atoms with Gasteiger partial charge in [0, 0.05) is 42.5 Å². The Hall–Kier alpha value is -3.61. The number of amides is 1. The molecule has 168 valence electrons. The first-order valence-corrected chi connectivity index (χ1v) is 11.1. The van der Waals surface area contributed by atoms with Crippen LogP contribution in [0.25, 0.3) is 10.9 Å². The molecule has 0 aliphatic carbocycles. The van der Waals surface area contributed by atoms with E-state index >= 15 is 0 Å². The number of fused-ring (bicyclic) bond motifs is 1. The minimum atomic E-state index is -0.0300. The van der Waals surface area contributed by atoms with Crippen LogP contribution in [0.1, 0.15) is 23.6 Å². The standard InChI is InChI=1S/C26H25ClN4O2/c1-17(32)29-14-13-28-16-18-7-10-21(11-8-18)30-25(19-5-3-2-4-6-19)24-22-12-9-20(27)15-23(22)31-26(24)33/h2-12,15,28,31,33H,13-14,16H2,1H3,(H,29,32). The van der Waals surface area contributed by atoms with Crippen LogP contribution >= 0.6 is 11.6 Å². The zero-order valence-corrected chi connectivity index (χ0v) is 19.0. The van der Waals surface area contributed by atoms with Crippen LogP contribution in [0.3, 0.4) is 0 Å². The Morgan fingerprint density at radius 1 is 1.03 bits per heavy atom. The molecule has 0 saturated carbocycles. The first-order valence-electron chi connectivity index (χ1n) is 10.7. The molecular weight excluding hydrogens is 436 g/mol. The summed E-state index contributed by atoms with van der Waals surface area (Å²) in [7, 11) is 0. The van der Waals surface area contributed by atoms with E-state index in [0.717, 1.165) is 27.7 Å². The molecule has 33 heavy (non-hydrogen) atoms. The summed E-state index contributed by atoms with van der Waals surface area (Å²) in [6, 6.07) is 23.2. The maximum Gasteiger partial charge on any atom is 0.216 e. The van der Waals surface area contributed by atoms with Crippen molar-refractivity contribution in [2.24, 2.45) is 4.99 Å². The van der Waals surface area contributed by atoms with Crippen LogP contribution in [0.15, 0.2) is 77.8 Å². The first kappa shape index (κ1) is 22.6. The molecule has 4 aromatic rings. The Morgan fingerprint density at radius 2 is 1.79 bits per heavy atom. The minimum Gasteiger partial charge on any atom is -0.494 e. The predicted molar refractivity (Wildman–Crippen MR) is 134 cm³/mol. The van der Waals surface area contributed by atoms with Gasteiger partial charge in [-0.05, 0) is 29.8 Å². The van der Waals surface area contributed by atoms with Crippen LogP contribution < -0.4 is 10.6 Å². The van der Waals surface area contributed by atoms with Crippen molar-refractivity contribution < 1.29 is 9.90 Å². The van der Waals surface area contributed by atoms with Crippen molar-refractivity contribution in [3.8, 4) is 5.88 Å². The molecule has 0 saturated heterocycles. The van der Waals surface area contributed by atoms with Gasteiger partial charge in [0.05, 0.1) is 22.5 Å². The zero-order chi connectivity index (χ0) is 23.2. The third-order valence-electron chi connectivity index (χ3n) is 5.21. The molecule has 0 atom stereocenters. The van der Waals surface area contributed by atoms with Gasteiger partial charge in [0.2, 0.25) is 5.91 Å². The average Bonchev–Trinajstić information content (AvgIpc) is 3.13. The summed E-state index contributed by atoms with van der Waals surface area (Å²) in [4.78, 5) is 18.8. The SMILES string of the molecule is CC(=O)NCCNCc1ccc(N=C(c2ccccc2)c2c(O)[nH]c3cc(Cl)ccc23)cc1. The van der Waals surface area contributed by atoms with E-state index in [-0.39, 0.29) is 11.8 Å². The number of aliphatic imine (C=N–C) groups is 1. The molecule has 3 aromatic carbocycles. The number of H-pyrrole nitrogens is 1. The average molecular weight is 461 g/mol. The number of aromatic nitrogens is 1. The highest BCUT2D eigenvalue weighted by molar-refractivity contribution is 6.31. The maximum absolute atomic E-state index is 10.9. The van der Waals surface area contributed by atoms with Crippen molar-refractivity contribution in [2.45, 2.75) is 13.5 Å². The molecular formula is C26H25ClN4O2. The van der Waals surface area contributed by atoms with Crippen LogP contribution in [0, 0.1) is 0 Å². The number of nitrogens with one attached hydrogen (secondary N) is 3. The minimum absolute atomic E-state index is 0.0300. The van der Waals surface area contributed by atoms with Crippen molar-refractivity contribution in [1.29, 1.82) is 0 Å². The molecule has 4 rings (SSSR count). The number of carbonyl (C=O) groups is 1. The number of hydrogen-bond acceptors (Lipinski definition) is 4. The largest absolute Gasteiger partial charge is 0.494 e. The lowest BCUT2D eigenvalue weighted by Gasteiger charge is -2.09. The molecule has 0 bridgehead atoms. The van der Waals surface area contributed by atoms with E-state index in [4.69, 9.17) is 16.6 Å². The molecule has 0 spiro atoms. The van der Waals surface area contributed by atoms with Crippen LogP contribution in [0.5, 0.6) is 5.88 Å². The Bertz CT molecular complexity index is 1280. The third-order valence-corrected chi connectivity index (χ3v) is 5.44. The Morgan fingerprint density at radius 3 is 2.52 bits per heavy atom. The number of rotatable bonds is 8. The smallest absolute Gasteiger partial charge is 0.216 e. The van der Waals surface area contributed by atoms with E-state index in [2.05, 4.69) is 15.6 Å². The number of nitrogens with zero attached hydrogens (tertiary/aromatic N) is 1. The van der Waals surface area contributed by atoms with Crippen molar-refractivity contribution in [3.63, 3.8) is 0 Å². The van der Waals surface area contributed by atoms with E-state index in [1.54, 1.807) is 12.1 Å². The summed E-state index contributed by atoms with van der Waals surface area (Å²) in [5.74, 6) is 0.0208. The summed E-state index contributed by atoms with van der Waals surface area (Å²) in [6.07, 6.45) is 0. The van der Waals surface area contributed by atoms with Crippen molar-refractivity contribution in [1.82, 2.24) is 15.6 Å². The van der Waals surface area contributed by atoms with E-state index in [1.165, 1.54) is 6.92 Å². The highest BCUT2D eigenvalue weighted by Gasteiger charge is 2.18. The number of halogens is 1. The third kappa shape index (κ3) is 5.61. The van der Waals surface area contributed by atoms with Gasteiger partial charge in [0.1, 0.15) is 0 Å². The fourth-order valence-electron chi connectivity index (χ4n) is 3.63. The quantitative estimate of drug-likeness (QED) is 0.222. The van der Waals surface area contributed by atoms with Crippen LogP contribution in [-0.4, -0.2) is 34.8 Å². The molecule has 0 aliphatic heterocycles. The molecule has 1 heterocycles. The Kier molecular flexibility index (Phi) is 7.07. The monoisotopic (exact) mass is 460 g/mol. The molecule has 6 nitrogen and oxygen atoms in total. The van der Waals surface area contributed by atoms with Gasteiger partial charge in [-0.1, -0.05) is 60.1 Å². The molecule has 0 aliphatic rings. The molecule has 0 fully saturated rings. The molecule has 1 aromatic heterocycles. The Labute approximate surface area is 197 Å². The number of hydrogen-bond donors (Lipinski definition) is 4. The van der Waals surface area contributed by atoms with Gasteiger partial charge in [-0.2, -0.15) is 0 Å². The first-order chi connectivity index (χ1) is 16.0. The topological polar surface area (TPSA) is 89.5 Å². The van der Waals surface area contributed by atoms with Gasteiger partial charge < -0.3 is 20.7 Å². The number of aromatic amines is 1. The fraction of sp³-hybridized carbons (Fsp3) is 0.154. The van der Waals surface area contributed by atoms with Gasteiger partial charge in [-0.25, -0.2) is 4.99 Å². The van der Waals surface area contributed by atoms with E-state index in [0.29, 0.717) is 35.9 Å². The highest BCUT2D eigenvalue weighted by Crippen LogP contribution is 2.32. The number of aromatic hydroxyl groups is 1. The van der Waals surface area contributed by atoms with Gasteiger partial charge in [-0.3, -0.25) is 4.79 Å². The van der Waals surface area contributed by atoms with Gasteiger partial charge in [-0.15, -0.1) is 0 Å². The summed E-state index contributed by atoms with van der Waals surface area (Å²) in [5, 5.41) is 18.2. The summed E-state index contributed by atoms with van der Waals surface area (Å²) in [6.45, 7) is 3.49. The fourth-order valence-corrected chi connectivity index (χ4v) is 3.81. The highest BCUT2D eigenvalue weighted by atomic mass is 35.5. The summed E-state index contributed by atoms with van der Waals surface area (Å²) >= 11 is 6.13. The molecule has 1 amide bonds. The van der Waals surface area contributed by atoms with E-state index in [1.807, 2.05) is 60.7 Å². The van der Waals surface area contributed by atoms with Crippen LogP contribution in [0.2, 0.25) is 5.02 Å². The lowest BCUT2D eigenvalue weighted by atomic mass is 10.0. The summed E-state index contributed by atoms with van der Waals surface area (Å²) < 4.78 is 0. The van der Waals surface area contributed by atoms with Gasteiger partial charge >= 0.3 is 0 Å². The Balaban J connectivity index is 1.62. The number of carbonyl (C=O) groups excluding carboxylic acids is 1. The number of benzene rings is 3. The van der Waals surface area contributed by atoms with Crippen molar-refractivity contribution in [2.75, 3.05) is 13.1 Å². The molecule has 0 unspecified atom stereocenters. The second-order valence-corrected chi connectivity index (χ2v) is 8.13. The normalized spacial score (nSPS) is 11.6. The van der Waals surface area contributed by atoms with Crippen molar-refractivity contribution in [3.05, 3.63) is 94.5 Å². The lowest BCUT2D eigenvalue weighted by molar-refractivity contribution is -0.118. The second kappa shape index (κ2) is 10.3. The maximum atomic E-state index is 10.9. The molecule has 0 radical (unpaired) electrons. The second-order valence-electron chi connectivity index (χ2n) is 7.69. The zero-order valence-electron chi connectivity index (χ0n) is 18.2. The van der Waals surface area contributed by atoms with E-state index in [9.17, 15) is 9.90 Å². The predicted octanol–water partition coefficient (Wildman–Crippen LogP) is 4.92. The van der Waals surface area contributed by atoms with Gasteiger partial charge in [0.25, 0.3) is 0 Å². The lowest BCUT2D eigenvalue weighted by Crippen LogP contribution is -2.29. The summed E-state index contributed by atoms with van der Waals surface area (Å²) in [5.41, 5.74) is 4.84. The van der Waals surface area contributed by atoms with Crippen LogP contribution in [-0.2, 0) is 11.3 Å². The van der Waals surface area contributed by atoms with Crippen molar-refractivity contribution >= 4 is 39.8 Å². The molecule has 7 heteroatoms. The molecule has 4 N–H and O–H groups in total.